The monoisotopic (exact) mass is 303 g/mol. The first-order valence-corrected chi connectivity index (χ1v) is 7.76. The lowest BCUT2D eigenvalue weighted by Crippen LogP contribution is -2.32. The minimum atomic E-state index is -3.94. The van der Waals surface area contributed by atoms with Gasteiger partial charge < -0.3 is 14.3 Å². The van der Waals surface area contributed by atoms with Crippen molar-refractivity contribution in [3.63, 3.8) is 0 Å². The molecule has 7 nitrogen and oxygen atoms in total. The average molecular weight is 303 g/mol. The lowest BCUT2D eigenvalue weighted by atomic mass is 10.2. The summed E-state index contributed by atoms with van der Waals surface area (Å²) in [6, 6.07) is 0. The minimum absolute atomic E-state index is 0.0692. The molecule has 2 N–H and O–H groups in total. The van der Waals surface area contributed by atoms with E-state index in [4.69, 9.17) is 14.3 Å². The summed E-state index contributed by atoms with van der Waals surface area (Å²) in [5, 5.41) is 9.13. The van der Waals surface area contributed by atoms with Gasteiger partial charge in [-0.05, 0) is 26.7 Å². The Hall–Kier alpha value is -1.38. The molecule has 1 atom stereocenters. The van der Waals surface area contributed by atoms with Crippen LogP contribution in [0.25, 0.3) is 0 Å². The molecule has 0 aliphatic carbocycles. The number of carbonyl (C=O) groups is 1. The van der Waals surface area contributed by atoms with Crippen LogP contribution in [0.3, 0.4) is 0 Å². The third-order valence-corrected chi connectivity index (χ3v) is 4.79. The molecule has 1 unspecified atom stereocenters. The fourth-order valence-corrected chi connectivity index (χ4v) is 3.78. The maximum Gasteiger partial charge on any atom is 0.340 e. The first kappa shape index (κ1) is 15.0. The number of ether oxygens (including phenoxy) is 1. The smallest absolute Gasteiger partial charge is 0.340 e. The molecule has 2 heterocycles. The van der Waals surface area contributed by atoms with Gasteiger partial charge in [0.15, 0.2) is 0 Å². The van der Waals surface area contributed by atoms with Crippen molar-refractivity contribution >= 4 is 16.0 Å². The Morgan fingerprint density at radius 3 is 2.65 bits per heavy atom. The second-order valence-electron chi connectivity index (χ2n) is 4.71. The molecule has 1 fully saturated rings. The number of hydrogen-bond donors (Lipinski definition) is 2. The van der Waals surface area contributed by atoms with Gasteiger partial charge in [-0.3, -0.25) is 0 Å². The normalized spacial score (nSPS) is 19.4. The second kappa shape index (κ2) is 5.55. The van der Waals surface area contributed by atoms with E-state index in [0.717, 1.165) is 12.8 Å². The van der Waals surface area contributed by atoms with Crippen molar-refractivity contribution in [2.24, 2.45) is 0 Å². The molecule has 2 rings (SSSR count). The molecule has 0 spiro atoms. The second-order valence-corrected chi connectivity index (χ2v) is 6.41. The summed E-state index contributed by atoms with van der Waals surface area (Å²) in [4.78, 5) is 10.9. The molecule has 0 bridgehead atoms. The van der Waals surface area contributed by atoms with Gasteiger partial charge >= 0.3 is 5.97 Å². The number of hydrogen-bond acceptors (Lipinski definition) is 5. The van der Waals surface area contributed by atoms with Gasteiger partial charge in [0.25, 0.3) is 0 Å². The molecular formula is C12H17NO6S. The molecule has 0 aromatic carbocycles. The Morgan fingerprint density at radius 2 is 2.10 bits per heavy atom. The van der Waals surface area contributed by atoms with Crippen LogP contribution in [0, 0.1) is 13.8 Å². The summed E-state index contributed by atoms with van der Waals surface area (Å²) in [6.07, 6.45) is 1.53. The van der Waals surface area contributed by atoms with Crippen molar-refractivity contribution in [2.75, 3.05) is 13.2 Å². The van der Waals surface area contributed by atoms with Crippen LogP contribution in [0.2, 0.25) is 0 Å². The molecule has 20 heavy (non-hydrogen) atoms. The standard InChI is InChI=1S/C12H17NO6S/c1-7-10(12(14)15)11(8(2)19-7)20(16,17)13-6-9-4-3-5-18-9/h9,13H,3-6H2,1-2H3,(H,14,15). The van der Waals surface area contributed by atoms with Gasteiger partial charge in [0.1, 0.15) is 22.0 Å². The van der Waals surface area contributed by atoms with Crippen LogP contribution in [-0.4, -0.2) is 38.7 Å². The number of sulfonamides is 1. The number of furan rings is 1. The van der Waals surface area contributed by atoms with Gasteiger partial charge in [-0.2, -0.15) is 0 Å². The van der Waals surface area contributed by atoms with Crippen LogP contribution < -0.4 is 4.72 Å². The van der Waals surface area contributed by atoms with E-state index in [1.807, 2.05) is 0 Å². The van der Waals surface area contributed by atoms with Gasteiger partial charge in [-0.25, -0.2) is 17.9 Å². The molecule has 0 saturated carbocycles. The van der Waals surface area contributed by atoms with E-state index in [9.17, 15) is 13.2 Å². The molecule has 1 aliphatic rings. The molecular weight excluding hydrogens is 286 g/mol. The van der Waals surface area contributed by atoms with Gasteiger partial charge in [0.2, 0.25) is 10.0 Å². The number of nitrogens with one attached hydrogen (secondary N) is 1. The maximum atomic E-state index is 12.3. The van der Waals surface area contributed by atoms with Gasteiger partial charge in [-0.15, -0.1) is 0 Å². The van der Waals surface area contributed by atoms with Gasteiger partial charge in [0, 0.05) is 13.2 Å². The summed E-state index contributed by atoms with van der Waals surface area (Å²) in [7, 11) is -3.94. The predicted molar refractivity (Wildman–Crippen MR) is 69.3 cm³/mol. The SMILES string of the molecule is Cc1oc(C)c(S(=O)(=O)NCC2CCCO2)c1C(=O)O. The first-order valence-electron chi connectivity index (χ1n) is 6.27. The van der Waals surface area contributed by atoms with Crippen LogP contribution in [0.4, 0.5) is 0 Å². The van der Waals surface area contributed by atoms with Crippen molar-refractivity contribution < 1.29 is 27.5 Å². The highest BCUT2D eigenvalue weighted by molar-refractivity contribution is 7.89. The average Bonchev–Trinajstić information content (AvgIpc) is 2.94. The molecule has 1 aliphatic heterocycles. The van der Waals surface area contributed by atoms with Crippen LogP contribution in [0.15, 0.2) is 9.31 Å². The van der Waals surface area contributed by atoms with E-state index in [0.29, 0.717) is 6.61 Å². The lowest BCUT2D eigenvalue weighted by molar-refractivity contribution is 0.0691. The fourth-order valence-electron chi connectivity index (χ4n) is 2.31. The Balaban J connectivity index is 2.26. The van der Waals surface area contributed by atoms with Crippen LogP contribution in [-0.2, 0) is 14.8 Å². The zero-order chi connectivity index (χ0) is 14.9. The van der Waals surface area contributed by atoms with E-state index >= 15 is 0 Å². The van der Waals surface area contributed by atoms with Crippen molar-refractivity contribution in [3.8, 4) is 0 Å². The molecule has 1 aromatic rings. The molecule has 1 aromatic heterocycles. The van der Waals surface area contributed by atoms with E-state index in [2.05, 4.69) is 4.72 Å². The zero-order valence-electron chi connectivity index (χ0n) is 11.3. The highest BCUT2D eigenvalue weighted by Gasteiger charge is 2.31. The summed E-state index contributed by atoms with van der Waals surface area (Å²) in [6.45, 7) is 3.61. The maximum absolute atomic E-state index is 12.3. The Morgan fingerprint density at radius 1 is 1.40 bits per heavy atom. The van der Waals surface area contributed by atoms with Crippen LogP contribution in [0.5, 0.6) is 0 Å². The topological polar surface area (TPSA) is 106 Å². The highest BCUT2D eigenvalue weighted by Crippen LogP contribution is 2.26. The zero-order valence-corrected chi connectivity index (χ0v) is 12.1. The number of carboxylic acids is 1. The molecule has 8 heteroatoms. The minimum Gasteiger partial charge on any atom is -0.478 e. The first-order chi connectivity index (χ1) is 9.33. The summed E-state index contributed by atoms with van der Waals surface area (Å²) in [5.41, 5.74) is -0.317. The van der Waals surface area contributed by atoms with Crippen molar-refractivity contribution in [1.82, 2.24) is 4.72 Å². The molecule has 1 saturated heterocycles. The van der Waals surface area contributed by atoms with Gasteiger partial charge in [0.05, 0.1) is 6.10 Å². The quantitative estimate of drug-likeness (QED) is 0.842. The number of aryl methyl sites for hydroxylation is 2. The van der Waals surface area contributed by atoms with E-state index in [1.165, 1.54) is 13.8 Å². The number of rotatable bonds is 5. The van der Waals surface area contributed by atoms with Crippen LogP contribution >= 0.6 is 0 Å². The van der Waals surface area contributed by atoms with Gasteiger partial charge in [-0.1, -0.05) is 0 Å². The number of aromatic carboxylic acids is 1. The Kier molecular flexibility index (Phi) is 4.17. The summed E-state index contributed by atoms with van der Waals surface area (Å²) < 4.78 is 37.4. The van der Waals surface area contributed by atoms with Crippen molar-refractivity contribution in [2.45, 2.75) is 37.7 Å². The summed E-state index contributed by atoms with van der Waals surface area (Å²) in [5.74, 6) is -1.18. The Labute approximate surface area is 117 Å². The lowest BCUT2D eigenvalue weighted by Gasteiger charge is -2.11. The Bertz CT molecular complexity index is 612. The highest BCUT2D eigenvalue weighted by atomic mass is 32.2. The molecule has 0 radical (unpaired) electrons. The predicted octanol–water partition coefficient (Wildman–Crippen LogP) is 1.05. The van der Waals surface area contributed by atoms with Crippen molar-refractivity contribution in [3.05, 3.63) is 17.1 Å². The third kappa shape index (κ3) is 2.87. The number of carboxylic acid groups (broad SMARTS) is 1. The molecule has 0 amide bonds. The third-order valence-electron chi connectivity index (χ3n) is 3.21. The summed E-state index contributed by atoms with van der Waals surface area (Å²) >= 11 is 0. The van der Waals surface area contributed by atoms with E-state index in [-0.39, 0.29) is 34.6 Å². The fraction of sp³-hybridized carbons (Fsp3) is 0.583. The largest absolute Gasteiger partial charge is 0.478 e. The van der Waals surface area contributed by atoms with E-state index < -0.39 is 16.0 Å². The van der Waals surface area contributed by atoms with Crippen LogP contribution in [0.1, 0.15) is 34.7 Å². The van der Waals surface area contributed by atoms with Crippen molar-refractivity contribution in [1.29, 1.82) is 0 Å². The molecule has 112 valence electrons. The van der Waals surface area contributed by atoms with E-state index in [1.54, 1.807) is 0 Å².